The van der Waals surface area contributed by atoms with Gasteiger partial charge >= 0.3 is 0 Å². The third-order valence-corrected chi connectivity index (χ3v) is 1.45. The van der Waals surface area contributed by atoms with E-state index in [0.29, 0.717) is 0 Å². The predicted molar refractivity (Wildman–Crippen MR) is 50.3 cm³/mol. The van der Waals surface area contributed by atoms with E-state index in [2.05, 4.69) is 10.5 Å². The van der Waals surface area contributed by atoms with Gasteiger partial charge in [0.1, 0.15) is 17.9 Å². The first-order chi connectivity index (χ1) is 7.17. The molecule has 0 heterocycles. The van der Waals surface area contributed by atoms with Crippen LogP contribution in [0.4, 0.5) is 10.1 Å². The highest BCUT2D eigenvalue weighted by Gasteiger charge is 2.02. The lowest BCUT2D eigenvalue weighted by Crippen LogP contribution is -1.97. The van der Waals surface area contributed by atoms with Crippen LogP contribution in [0.5, 0.6) is 5.75 Å². The number of hydrazone groups is 1. The van der Waals surface area contributed by atoms with Crippen molar-refractivity contribution in [3.63, 3.8) is 0 Å². The van der Waals surface area contributed by atoms with E-state index >= 15 is 0 Å². The van der Waals surface area contributed by atoms with E-state index in [9.17, 15) is 4.39 Å². The Labute approximate surface area is 84.7 Å². The molecule has 1 aromatic carbocycles. The average Bonchev–Trinajstić information content (AvgIpc) is 2.22. The van der Waals surface area contributed by atoms with Crippen LogP contribution in [0.2, 0.25) is 0 Å². The van der Waals surface area contributed by atoms with Crippen LogP contribution >= 0.6 is 0 Å². The summed E-state index contributed by atoms with van der Waals surface area (Å²) in [6.07, 6.45) is 0. The van der Waals surface area contributed by atoms with Crippen molar-refractivity contribution in [3.8, 4) is 17.9 Å². The van der Waals surface area contributed by atoms with Crippen molar-refractivity contribution in [2.45, 2.75) is 0 Å². The zero-order chi connectivity index (χ0) is 11.3. The van der Waals surface area contributed by atoms with E-state index in [0.717, 1.165) is 6.07 Å². The number of nitrogens with zero attached hydrogens (tertiary/aromatic N) is 3. The van der Waals surface area contributed by atoms with E-state index in [-0.39, 0.29) is 11.4 Å². The molecule has 74 valence electrons. The van der Waals surface area contributed by atoms with Crippen molar-refractivity contribution in [3.05, 3.63) is 24.0 Å². The van der Waals surface area contributed by atoms with Gasteiger partial charge in [0.05, 0.1) is 5.69 Å². The Hall–Kier alpha value is -2.60. The molecule has 0 saturated heterocycles. The van der Waals surface area contributed by atoms with Gasteiger partial charge in [-0.15, -0.1) is 0 Å². The molecule has 0 bridgehead atoms. The number of nitriles is 2. The first-order valence-corrected chi connectivity index (χ1v) is 3.80. The molecule has 1 rings (SSSR count). The monoisotopic (exact) mass is 204 g/mol. The van der Waals surface area contributed by atoms with Crippen LogP contribution in [0.25, 0.3) is 0 Å². The number of aromatic hydroxyl groups is 1. The fourth-order valence-electron chi connectivity index (χ4n) is 0.786. The van der Waals surface area contributed by atoms with Crippen LogP contribution in [-0.2, 0) is 0 Å². The lowest BCUT2D eigenvalue weighted by atomic mass is 10.3. The Morgan fingerprint density at radius 2 is 2.07 bits per heavy atom. The number of nitrogens with one attached hydrogen (secondary N) is 1. The van der Waals surface area contributed by atoms with Crippen molar-refractivity contribution in [1.82, 2.24) is 0 Å². The third kappa shape index (κ3) is 2.68. The fourth-order valence-corrected chi connectivity index (χ4v) is 0.786. The first kappa shape index (κ1) is 10.5. The van der Waals surface area contributed by atoms with Crippen LogP contribution in [-0.4, -0.2) is 10.8 Å². The van der Waals surface area contributed by atoms with Gasteiger partial charge in [0.2, 0.25) is 5.71 Å². The van der Waals surface area contributed by atoms with Crippen LogP contribution < -0.4 is 5.43 Å². The molecule has 0 saturated carbocycles. The van der Waals surface area contributed by atoms with Gasteiger partial charge in [0, 0.05) is 6.07 Å². The molecular formula is C9H5FN4O. The van der Waals surface area contributed by atoms with Crippen molar-refractivity contribution >= 4 is 11.4 Å². The molecule has 0 spiro atoms. The summed E-state index contributed by atoms with van der Waals surface area (Å²) >= 11 is 0. The quantitative estimate of drug-likeness (QED) is 0.432. The second-order valence-electron chi connectivity index (χ2n) is 2.46. The summed E-state index contributed by atoms with van der Waals surface area (Å²) in [7, 11) is 0. The molecule has 0 aromatic heterocycles. The van der Waals surface area contributed by atoms with Crippen molar-refractivity contribution in [2.75, 3.05) is 5.43 Å². The van der Waals surface area contributed by atoms with E-state index in [1.807, 2.05) is 0 Å². The normalized spacial score (nSPS) is 8.47. The molecule has 6 heteroatoms. The van der Waals surface area contributed by atoms with E-state index < -0.39 is 11.5 Å². The maximum absolute atomic E-state index is 13.1. The third-order valence-electron chi connectivity index (χ3n) is 1.45. The maximum atomic E-state index is 13.1. The summed E-state index contributed by atoms with van der Waals surface area (Å²) < 4.78 is 13.1. The Kier molecular flexibility index (Phi) is 3.20. The van der Waals surface area contributed by atoms with Gasteiger partial charge in [0.25, 0.3) is 0 Å². The molecular weight excluding hydrogens is 199 g/mol. The average molecular weight is 204 g/mol. The highest BCUT2D eigenvalue weighted by atomic mass is 19.1. The summed E-state index contributed by atoms with van der Waals surface area (Å²) in [6, 6.07) is 6.39. The number of phenols is 1. The Morgan fingerprint density at radius 3 is 2.60 bits per heavy atom. The Bertz CT molecular complexity index is 468. The molecule has 0 amide bonds. The van der Waals surface area contributed by atoms with E-state index in [4.69, 9.17) is 15.6 Å². The van der Waals surface area contributed by atoms with Gasteiger partial charge in [-0.3, -0.25) is 5.43 Å². The number of rotatable bonds is 2. The molecule has 15 heavy (non-hydrogen) atoms. The van der Waals surface area contributed by atoms with Gasteiger partial charge < -0.3 is 5.11 Å². The van der Waals surface area contributed by atoms with Crippen molar-refractivity contribution < 1.29 is 9.50 Å². The lowest BCUT2D eigenvalue weighted by Gasteiger charge is -2.01. The SMILES string of the molecule is N#CC(C#N)=NNc1ccc(O)cc1F. The summed E-state index contributed by atoms with van der Waals surface area (Å²) in [5, 5.41) is 28.9. The molecule has 0 fully saturated rings. The molecule has 1 aromatic rings. The minimum atomic E-state index is -0.728. The molecule has 0 unspecified atom stereocenters. The van der Waals surface area contributed by atoms with Crippen LogP contribution in [0.3, 0.4) is 0 Å². The van der Waals surface area contributed by atoms with Gasteiger partial charge in [-0.25, -0.2) is 4.39 Å². The molecule has 0 aliphatic carbocycles. The first-order valence-electron chi connectivity index (χ1n) is 3.80. The van der Waals surface area contributed by atoms with Gasteiger partial charge in [-0.05, 0) is 12.1 Å². The molecule has 0 radical (unpaired) electrons. The lowest BCUT2D eigenvalue weighted by molar-refractivity contribution is 0.469. The van der Waals surface area contributed by atoms with Crippen LogP contribution in [0.1, 0.15) is 0 Å². The molecule has 0 aliphatic heterocycles. The standard InChI is InChI=1S/C9H5FN4O/c10-8-3-7(15)1-2-9(8)14-13-6(4-11)5-12/h1-3,14-15H. The zero-order valence-corrected chi connectivity index (χ0v) is 7.40. The number of hydrogen-bond donors (Lipinski definition) is 2. The number of phenolic OH excluding ortho intramolecular Hbond substituents is 1. The van der Waals surface area contributed by atoms with Crippen LogP contribution in [0, 0.1) is 28.5 Å². The maximum Gasteiger partial charge on any atom is 0.237 e. The highest BCUT2D eigenvalue weighted by molar-refractivity contribution is 6.10. The second-order valence-corrected chi connectivity index (χ2v) is 2.46. The number of halogens is 1. The summed E-state index contributed by atoms with van der Waals surface area (Å²) in [4.78, 5) is 0. The van der Waals surface area contributed by atoms with Gasteiger partial charge in [-0.2, -0.15) is 15.6 Å². The molecule has 0 aliphatic rings. The minimum Gasteiger partial charge on any atom is -0.508 e. The predicted octanol–water partition coefficient (Wildman–Crippen LogP) is 1.35. The zero-order valence-electron chi connectivity index (χ0n) is 7.40. The summed E-state index contributed by atoms with van der Waals surface area (Å²) in [5.74, 6) is -0.947. The van der Waals surface area contributed by atoms with Crippen molar-refractivity contribution in [2.24, 2.45) is 5.10 Å². The number of anilines is 1. The molecule has 0 atom stereocenters. The summed E-state index contributed by atoms with van der Waals surface area (Å²) in [6.45, 7) is 0. The van der Waals surface area contributed by atoms with E-state index in [1.54, 1.807) is 0 Å². The minimum absolute atomic E-state index is 0.0317. The number of hydrogen-bond acceptors (Lipinski definition) is 5. The largest absolute Gasteiger partial charge is 0.508 e. The number of benzene rings is 1. The summed E-state index contributed by atoms with van der Waals surface area (Å²) in [5.41, 5.74) is 1.75. The van der Waals surface area contributed by atoms with Gasteiger partial charge in [0.15, 0.2) is 5.82 Å². The molecule has 2 N–H and O–H groups in total. The fraction of sp³-hybridized carbons (Fsp3) is 0. The van der Waals surface area contributed by atoms with Crippen molar-refractivity contribution in [1.29, 1.82) is 10.5 Å². The Balaban J connectivity index is 2.89. The van der Waals surface area contributed by atoms with E-state index in [1.165, 1.54) is 24.3 Å². The second kappa shape index (κ2) is 4.58. The van der Waals surface area contributed by atoms with Crippen LogP contribution in [0.15, 0.2) is 23.3 Å². The Morgan fingerprint density at radius 1 is 1.40 bits per heavy atom. The highest BCUT2D eigenvalue weighted by Crippen LogP contribution is 2.19. The molecule has 5 nitrogen and oxygen atoms in total. The van der Waals surface area contributed by atoms with Gasteiger partial charge in [-0.1, -0.05) is 0 Å². The topological polar surface area (TPSA) is 92.2 Å². The smallest absolute Gasteiger partial charge is 0.237 e.